The molecule has 0 saturated carbocycles. The molecule has 17 heavy (non-hydrogen) atoms. The van der Waals surface area contributed by atoms with Crippen molar-refractivity contribution < 1.29 is 4.74 Å². The summed E-state index contributed by atoms with van der Waals surface area (Å²) in [6, 6.07) is 6.24. The van der Waals surface area contributed by atoms with E-state index < -0.39 is 0 Å². The zero-order valence-electron chi connectivity index (χ0n) is 10.9. The Hall–Kier alpha value is -0.580. The molecule has 0 aliphatic rings. The first-order valence-corrected chi connectivity index (χ1v) is 6.50. The van der Waals surface area contributed by atoms with E-state index in [2.05, 4.69) is 52.5 Å². The monoisotopic (exact) mass is 300 g/mol. The molecule has 1 aromatic carbocycles. The number of nitrogens with one attached hydrogen (secondary N) is 2. The van der Waals surface area contributed by atoms with Gasteiger partial charge in [0.25, 0.3) is 0 Å². The summed E-state index contributed by atoms with van der Waals surface area (Å²) >= 11 is 3.52. The normalized spacial score (nSPS) is 11.6. The number of benzene rings is 1. The van der Waals surface area contributed by atoms with Gasteiger partial charge in [0, 0.05) is 18.6 Å². The summed E-state index contributed by atoms with van der Waals surface area (Å²) in [6.07, 6.45) is 0. The van der Waals surface area contributed by atoms with Gasteiger partial charge in [-0.05, 0) is 40.7 Å². The Bertz CT molecular complexity index is 366. The molecule has 0 aliphatic carbocycles. The van der Waals surface area contributed by atoms with Crippen LogP contribution in [0.1, 0.15) is 19.4 Å². The highest BCUT2D eigenvalue weighted by atomic mass is 79.9. The highest BCUT2D eigenvalue weighted by Crippen LogP contribution is 2.31. The number of methoxy groups -OCH3 is 1. The van der Waals surface area contributed by atoms with Crippen LogP contribution in [0.3, 0.4) is 0 Å². The maximum atomic E-state index is 5.24. The lowest BCUT2D eigenvalue weighted by Gasteiger charge is -2.26. The fourth-order valence-corrected chi connectivity index (χ4v) is 2.23. The summed E-state index contributed by atoms with van der Waals surface area (Å²) in [4.78, 5) is 0. The molecule has 0 atom stereocenters. The van der Waals surface area contributed by atoms with Crippen molar-refractivity contribution in [2.45, 2.75) is 19.3 Å². The number of rotatable bonds is 6. The molecule has 0 heterocycles. The fraction of sp³-hybridized carbons (Fsp3) is 0.538. The van der Waals surface area contributed by atoms with Gasteiger partial charge in [0.1, 0.15) is 5.75 Å². The standard InChI is InChI=1S/C13H21BrN2O/c1-13(2,8-16-9-15-3)10-5-6-12(17-4)11(14)7-10/h5-7,15-16H,8-9H2,1-4H3. The Morgan fingerprint density at radius 3 is 2.59 bits per heavy atom. The van der Waals surface area contributed by atoms with Gasteiger partial charge in [0.05, 0.1) is 11.6 Å². The lowest BCUT2D eigenvalue weighted by molar-refractivity contribution is 0.410. The highest BCUT2D eigenvalue weighted by molar-refractivity contribution is 9.10. The van der Waals surface area contributed by atoms with Crippen molar-refractivity contribution in [3.8, 4) is 5.75 Å². The summed E-state index contributed by atoms with van der Waals surface area (Å²) in [6.45, 7) is 6.20. The second kappa shape index (κ2) is 6.38. The molecule has 3 nitrogen and oxygen atoms in total. The second-order valence-corrected chi connectivity index (χ2v) is 5.54. The molecular formula is C13H21BrN2O. The van der Waals surface area contributed by atoms with Gasteiger partial charge in [-0.25, -0.2) is 0 Å². The van der Waals surface area contributed by atoms with Crippen LogP contribution in [0.25, 0.3) is 0 Å². The zero-order valence-corrected chi connectivity index (χ0v) is 12.5. The van der Waals surface area contributed by atoms with Crippen LogP contribution in [0.15, 0.2) is 22.7 Å². The van der Waals surface area contributed by atoms with Crippen molar-refractivity contribution in [3.05, 3.63) is 28.2 Å². The van der Waals surface area contributed by atoms with Crippen LogP contribution in [-0.2, 0) is 5.41 Å². The molecule has 0 aromatic heterocycles. The molecule has 1 rings (SSSR count). The van der Waals surface area contributed by atoms with Gasteiger partial charge in [-0.3, -0.25) is 0 Å². The molecule has 0 fully saturated rings. The van der Waals surface area contributed by atoms with Gasteiger partial charge in [0.15, 0.2) is 0 Å². The minimum absolute atomic E-state index is 0.0889. The molecule has 96 valence electrons. The van der Waals surface area contributed by atoms with Crippen LogP contribution >= 0.6 is 15.9 Å². The van der Waals surface area contributed by atoms with E-state index in [4.69, 9.17) is 4.74 Å². The van der Waals surface area contributed by atoms with Crippen LogP contribution in [0.5, 0.6) is 5.75 Å². The Kier molecular flexibility index (Phi) is 5.43. The van der Waals surface area contributed by atoms with Gasteiger partial charge in [-0.1, -0.05) is 19.9 Å². The largest absolute Gasteiger partial charge is 0.496 e. The van der Waals surface area contributed by atoms with E-state index in [1.807, 2.05) is 13.1 Å². The topological polar surface area (TPSA) is 33.3 Å². The van der Waals surface area contributed by atoms with Crippen molar-refractivity contribution in [3.63, 3.8) is 0 Å². The van der Waals surface area contributed by atoms with Crippen LogP contribution in [-0.4, -0.2) is 27.4 Å². The van der Waals surface area contributed by atoms with E-state index in [0.717, 1.165) is 23.4 Å². The van der Waals surface area contributed by atoms with Crippen LogP contribution in [0, 0.1) is 0 Å². The Labute approximate surface area is 112 Å². The van der Waals surface area contributed by atoms with Crippen LogP contribution in [0.4, 0.5) is 0 Å². The Morgan fingerprint density at radius 1 is 1.35 bits per heavy atom. The molecule has 0 bridgehead atoms. The van der Waals surface area contributed by atoms with Crippen molar-refractivity contribution in [1.82, 2.24) is 10.6 Å². The highest BCUT2D eigenvalue weighted by Gasteiger charge is 2.20. The van der Waals surface area contributed by atoms with Gasteiger partial charge in [-0.15, -0.1) is 0 Å². The van der Waals surface area contributed by atoms with E-state index in [9.17, 15) is 0 Å². The lowest BCUT2D eigenvalue weighted by Crippen LogP contribution is -2.37. The van der Waals surface area contributed by atoms with E-state index in [-0.39, 0.29) is 5.41 Å². The van der Waals surface area contributed by atoms with E-state index in [0.29, 0.717) is 0 Å². The number of ether oxygens (including phenoxy) is 1. The molecule has 1 aromatic rings. The van der Waals surface area contributed by atoms with Crippen molar-refractivity contribution in [2.75, 3.05) is 27.4 Å². The lowest BCUT2D eigenvalue weighted by atomic mass is 9.84. The molecule has 0 aliphatic heterocycles. The third kappa shape index (κ3) is 3.98. The minimum atomic E-state index is 0.0889. The fourth-order valence-electron chi connectivity index (χ4n) is 1.69. The Balaban J connectivity index is 2.80. The van der Waals surface area contributed by atoms with E-state index >= 15 is 0 Å². The summed E-state index contributed by atoms with van der Waals surface area (Å²) in [5.41, 5.74) is 1.37. The van der Waals surface area contributed by atoms with Gasteiger partial charge in [-0.2, -0.15) is 0 Å². The van der Waals surface area contributed by atoms with Crippen molar-refractivity contribution in [2.24, 2.45) is 0 Å². The second-order valence-electron chi connectivity index (χ2n) is 4.69. The van der Waals surface area contributed by atoms with Gasteiger partial charge >= 0.3 is 0 Å². The third-order valence-corrected chi connectivity index (χ3v) is 3.42. The molecule has 4 heteroatoms. The third-order valence-electron chi connectivity index (χ3n) is 2.80. The number of halogens is 1. The quantitative estimate of drug-likeness (QED) is 0.626. The molecule has 0 unspecified atom stereocenters. The number of hydrogen-bond acceptors (Lipinski definition) is 3. The van der Waals surface area contributed by atoms with E-state index in [1.165, 1.54) is 5.56 Å². The molecule has 2 N–H and O–H groups in total. The van der Waals surface area contributed by atoms with Crippen molar-refractivity contribution in [1.29, 1.82) is 0 Å². The van der Waals surface area contributed by atoms with Crippen LogP contribution < -0.4 is 15.4 Å². The smallest absolute Gasteiger partial charge is 0.133 e. The molecular weight excluding hydrogens is 280 g/mol. The molecule has 0 saturated heterocycles. The average Bonchev–Trinajstić information content (AvgIpc) is 2.29. The maximum absolute atomic E-state index is 5.24. The maximum Gasteiger partial charge on any atom is 0.133 e. The van der Waals surface area contributed by atoms with Crippen molar-refractivity contribution >= 4 is 15.9 Å². The first-order chi connectivity index (χ1) is 8.01. The first-order valence-electron chi connectivity index (χ1n) is 5.70. The predicted molar refractivity (Wildman–Crippen MR) is 75.6 cm³/mol. The predicted octanol–water partition coefficient (Wildman–Crippen LogP) is 2.50. The molecule has 0 radical (unpaired) electrons. The van der Waals surface area contributed by atoms with E-state index in [1.54, 1.807) is 7.11 Å². The zero-order chi connectivity index (χ0) is 12.9. The SMILES string of the molecule is CNCNCC(C)(C)c1ccc(OC)c(Br)c1. The first kappa shape index (κ1) is 14.5. The average molecular weight is 301 g/mol. The van der Waals surface area contributed by atoms with Gasteiger partial charge in [0.2, 0.25) is 0 Å². The minimum Gasteiger partial charge on any atom is -0.496 e. The summed E-state index contributed by atoms with van der Waals surface area (Å²) < 4.78 is 6.24. The summed E-state index contributed by atoms with van der Waals surface area (Å²) in [5.74, 6) is 0.868. The summed E-state index contributed by atoms with van der Waals surface area (Å²) in [5, 5.41) is 6.45. The molecule has 0 spiro atoms. The summed E-state index contributed by atoms with van der Waals surface area (Å²) in [7, 11) is 3.61. The Morgan fingerprint density at radius 2 is 2.06 bits per heavy atom. The van der Waals surface area contributed by atoms with Gasteiger partial charge < -0.3 is 15.4 Å². The van der Waals surface area contributed by atoms with Crippen LogP contribution in [0.2, 0.25) is 0 Å². The molecule has 0 amide bonds. The number of hydrogen-bond donors (Lipinski definition) is 2.